The van der Waals surface area contributed by atoms with Crippen LogP contribution < -0.4 is 5.56 Å². The minimum Gasteiger partial charge on any atom is -0.394 e. The van der Waals surface area contributed by atoms with Crippen molar-refractivity contribution in [2.45, 2.75) is 24.4 Å². The van der Waals surface area contributed by atoms with Gasteiger partial charge < -0.3 is 25.0 Å². The second-order valence-electron chi connectivity index (χ2n) is 3.75. The average Bonchev–Trinajstić information content (AvgIpc) is 2.57. The Balaban J connectivity index is 2.22. The zero-order valence-corrected chi connectivity index (χ0v) is 8.41. The number of aliphatic hydroxyl groups excluding tert-OH is 3. The monoisotopic (exact) mass is 227 g/mol. The standard InChI is InChI=1S/C10H13NO5/c12-4-6-8(14)9(15)10(16-6)5-1-2-7(13)11-3-5/h1-3,6,8-10,12,14-15H,4H2,(H,11,13)/t6-,8+,9+,10+/m1/s1. The van der Waals surface area contributed by atoms with Gasteiger partial charge in [-0.3, -0.25) is 4.79 Å². The van der Waals surface area contributed by atoms with Gasteiger partial charge in [-0.25, -0.2) is 0 Å². The molecule has 88 valence electrons. The maximum atomic E-state index is 10.9. The molecule has 0 amide bonds. The fraction of sp³-hybridized carbons (Fsp3) is 0.500. The van der Waals surface area contributed by atoms with Gasteiger partial charge in [0, 0.05) is 12.3 Å². The van der Waals surface area contributed by atoms with E-state index < -0.39 is 24.4 Å². The molecule has 1 aromatic heterocycles. The molecule has 4 N–H and O–H groups in total. The summed E-state index contributed by atoms with van der Waals surface area (Å²) in [4.78, 5) is 13.3. The SMILES string of the molecule is O=c1ccc([C@@H]2O[C@H](CO)[C@H](O)[C@@H]2O)c[nH]1. The summed E-state index contributed by atoms with van der Waals surface area (Å²) in [6.45, 7) is -0.363. The lowest BCUT2D eigenvalue weighted by Gasteiger charge is -2.14. The largest absolute Gasteiger partial charge is 0.394 e. The molecule has 0 unspecified atom stereocenters. The van der Waals surface area contributed by atoms with E-state index in [9.17, 15) is 15.0 Å². The Morgan fingerprint density at radius 1 is 1.31 bits per heavy atom. The summed E-state index contributed by atoms with van der Waals surface area (Å²) in [6.07, 6.45) is -2.34. The number of hydrogen-bond donors (Lipinski definition) is 4. The Labute approximate surface area is 91.1 Å². The molecule has 0 aliphatic carbocycles. The molecular formula is C10H13NO5. The number of aromatic amines is 1. The summed E-state index contributed by atoms with van der Waals surface area (Å²) in [5.74, 6) is 0. The zero-order valence-electron chi connectivity index (χ0n) is 8.41. The second-order valence-corrected chi connectivity index (χ2v) is 3.75. The first-order chi connectivity index (χ1) is 7.63. The molecule has 1 fully saturated rings. The Bertz CT molecular complexity index is 397. The molecule has 0 spiro atoms. The summed E-state index contributed by atoms with van der Waals surface area (Å²) in [6, 6.07) is 2.82. The summed E-state index contributed by atoms with van der Waals surface area (Å²) in [5, 5.41) is 28.1. The maximum Gasteiger partial charge on any atom is 0.247 e. The van der Waals surface area contributed by atoms with Crippen LogP contribution in [0.3, 0.4) is 0 Å². The molecule has 0 aromatic carbocycles. The number of aromatic nitrogens is 1. The fourth-order valence-corrected chi connectivity index (χ4v) is 1.77. The van der Waals surface area contributed by atoms with E-state index in [1.54, 1.807) is 0 Å². The second kappa shape index (κ2) is 4.34. The predicted molar refractivity (Wildman–Crippen MR) is 53.8 cm³/mol. The third-order valence-corrected chi connectivity index (χ3v) is 2.68. The fourth-order valence-electron chi connectivity index (χ4n) is 1.77. The smallest absolute Gasteiger partial charge is 0.247 e. The molecule has 2 heterocycles. The first-order valence-electron chi connectivity index (χ1n) is 4.94. The van der Waals surface area contributed by atoms with Crippen LogP contribution in [0.4, 0.5) is 0 Å². The third-order valence-electron chi connectivity index (χ3n) is 2.68. The van der Waals surface area contributed by atoms with Crippen molar-refractivity contribution >= 4 is 0 Å². The highest BCUT2D eigenvalue weighted by atomic mass is 16.6. The molecule has 1 aliphatic rings. The van der Waals surface area contributed by atoms with Crippen molar-refractivity contribution in [1.82, 2.24) is 4.98 Å². The summed E-state index contributed by atoms with van der Waals surface area (Å²) in [5.41, 5.74) is 0.303. The van der Waals surface area contributed by atoms with Gasteiger partial charge in [0.15, 0.2) is 0 Å². The van der Waals surface area contributed by atoms with Gasteiger partial charge in [-0.15, -0.1) is 0 Å². The lowest BCUT2D eigenvalue weighted by molar-refractivity contribution is -0.0228. The van der Waals surface area contributed by atoms with E-state index in [1.807, 2.05) is 0 Å². The van der Waals surface area contributed by atoms with Crippen molar-refractivity contribution in [1.29, 1.82) is 0 Å². The molecule has 6 nitrogen and oxygen atoms in total. The number of hydrogen-bond acceptors (Lipinski definition) is 5. The highest BCUT2D eigenvalue weighted by Gasteiger charge is 2.42. The Morgan fingerprint density at radius 3 is 2.56 bits per heavy atom. The molecular weight excluding hydrogens is 214 g/mol. The van der Waals surface area contributed by atoms with Crippen molar-refractivity contribution in [2.75, 3.05) is 6.61 Å². The number of ether oxygens (including phenoxy) is 1. The molecule has 0 radical (unpaired) electrons. The van der Waals surface area contributed by atoms with E-state index >= 15 is 0 Å². The quantitative estimate of drug-likeness (QED) is 0.494. The molecule has 1 saturated heterocycles. The number of nitrogens with one attached hydrogen (secondary N) is 1. The maximum absolute atomic E-state index is 10.9. The van der Waals surface area contributed by atoms with Crippen LogP contribution in [0.1, 0.15) is 11.7 Å². The number of H-pyrrole nitrogens is 1. The number of rotatable bonds is 2. The van der Waals surface area contributed by atoms with Gasteiger partial charge in [0.05, 0.1) is 6.61 Å². The van der Waals surface area contributed by atoms with Gasteiger partial charge >= 0.3 is 0 Å². The predicted octanol–water partition coefficient (Wildman–Crippen LogP) is -1.47. The summed E-state index contributed by atoms with van der Waals surface area (Å²) < 4.78 is 5.29. The molecule has 16 heavy (non-hydrogen) atoms. The van der Waals surface area contributed by atoms with Crippen molar-refractivity contribution in [3.63, 3.8) is 0 Å². The first kappa shape index (κ1) is 11.3. The zero-order chi connectivity index (χ0) is 11.7. The molecule has 0 saturated carbocycles. The van der Waals surface area contributed by atoms with Gasteiger partial charge in [-0.2, -0.15) is 0 Å². The highest BCUT2D eigenvalue weighted by Crippen LogP contribution is 2.32. The average molecular weight is 227 g/mol. The van der Waals surface area contributed by atoms with Gasteiger partial charge in [-0.1, -0.05) is 0 Å². The van der Waals surface area contributed by atoms with Crippen LogP contribution in [0.5, 0.6) is 0 Å². The lowest BCUT2D eigenvalue weighted by Crippen LogP contribution is -2.32. The molecule has 1 aliphatic heterocycles. The molecule has 4 atom stereocenters. The number of aliphatic hydroxyl groups is 3. The van der Waals surface area contributed by atoms with Gasteiger partial charge in [0.2, 0.25) is 5.56 Å². The van der Waals surface area contributed by atoms with Crippen LogP contribution in [-0.4, -0.2) is 45.2 Å². The molecule has 2 rings (SSSR count). The van der Waals surface area contributed by atoms with Crippen LogP contribution in [0, 0.1) is 0 Å². The van der Waals surface area contributed by atoms with Crippen molar-refractivity contribution in [3.05, 3.63) is 34.2 Å². The van der Waals surface area contributed by atoms with Crippen LogP contribution in [-0.2, 0) is 4.74 Å². The summed E-state index contributed by atoms with van der Waals surface area (Å²) in [7, 11) is 0. The van der Waals surface area contributed by atoms with E-state index in [4.69, 9.17) is 9.84 Å². The minimum absolute atomic E-state index is 0.254. The topological polar surface area (TPSA) is 103 Å². The van der Waals surface area contributed by atoms with Gasteiger partial charge in [-0.05, 0) is 11.6 Å². The van der Waals surface area contributed by atoms with E-state index in [0.717, 1.165) is 0 Å². The van der Waals surface area contributed by atoms with E-state index in [2.05, 4.69) is 4.98 Å². The van der Waals surface area contributed by atoms with Crippen LogP contribution in [0.2, 0.25) is 0 Å². The molecule has 0 bridgehead atoms. The highest BCUT2D eigenvalue weighted by molar-refractivity contribution is 5.16. The first-order valence-corrected chi connectivity index (χ1v) is 4.94. The molecule has 6 heteroatoms. The normalized spacial score (nSPS) is 34.2. The van der Waals surface area contributed by atoms with Crippen LogP contribution in [0.15, 0.2) is 23.1 Å². The van der Waals surface area contributed by atoms with Gasteiger partial charge in [0.1, 0.15) is 24.4 Å². The van der Waals surface area contributed by atoms with E-state index in [-0.39, 0.29) is 12.2 Å². The van der Waals surface area contributed by atoms with E-state index in [1.165, 1.54) is 18.3 Å². The Hall–Kier alpha value is -1.21. The molecule has 1 aromatic rings. The minimum atomic E-state index is -1.12. The van der Waals surface area contributed by atoms with Crippen molar-refractivity contribution < 1.29 is 20.1 Å². The van der Waals surface area contributed by atoms with Crippen LogP contribution >= 0.6 is 0 Å². The number of pyridine rings is 1. The van der Waals surface area contributed by atoms with Gasteiger partial charge in [0.25, 0.3) is 0 Å². The Kier molecular flexibility index (Phi) is 3.06. The van der Waals surface area contributed by atoms with Crippen molar-refractivity contribution in [3.8, 4) is 0 Å². The third kappa shape index (κ3) is 1.88. The summed E-state index contributed by atoms with van der Waals surface area (Å²) >= 11 is 0. The van der Waals surface area contributed by atoms with E-state index in [0.29, 0.717) is 5.56 Å². The van der Waals surface area contributed by atoms with Crippen molar-refractivity contribution in [2.24, 2.45) is 0 Å². The Morgan fingerprint density at radius 2 is 2.06 bits per heavy atom. The lowest BCUT2D eigenvalue weighted by atomic mass is 10.0. The van der Waals surface area contributed by atoms with Crippen LogP contribution in [0.25, 0.3) is 0 Å².